The van der Waals surface area contributed by atoms with Crippen LogP contribution < -0.4 is 4.74 Å². The molecular formula is C17H23ClN2O3. The van der Waals surface area contributed by atoms with Crippen LogP contribution in [0.2, 0.25) is 5.02 Å². The molecule has 6 heteroatoms. The van der Waals surface area contributed by atoms with Gasteiger partial charge in [0.05, 0.1) is 12.1 Å². The second-order valence-electron chi connectivity index (χ2n) is 5.63. The van der Waals surface area contributed by atoms with Crippen LogP contribution in [0, 0.1) is 0 Å². The quantitative estimate of drug-likeness (QED) is 0.829. The summed E-state index contributed by atoms with van der Waals surface area (Å²) < 4.78 is 5.10. The Morgan fingerprint density at radius 3 is 2.39 bits per heavy atom. The molecule has 1 aromatic rings. The number of nitrogens with zero attached hydrogens (tertiary/aromatic N) is 2. The zero-order valence-electron chi connectivity index (χ0n) is 13.7. The van der Waals surface area contributed by atoms with Gasteiger partial charge in [-0.05, 0) is 24.6 Å². The van der Waals surface area contributed by atoms with Gasteiger partial charge in [0.2, 0.25) is 5.91 Å². The fourth-order valence-corrected chi connectivity index (χ4v) is 2.88. The van der Waals surface area contributed by atoms with Crippen molar-refractivity contribution in [3.05, 3.63) is 28.8 Å². The predicted molar refractivity (Wildman–Crippen MR) is 90.0 cm³/mol. The number of unbranched alkanes of at least 4 members (excludes halogenated alkanes) is 1. The van der Waals surface area contributed by atoms with Crippen LogP contribution in [0.3, 0.4) is 0 Å². The molecular weight excluding hydrogens is 316 g/mol. The summed E-state index contributed by atoms with van der Waals surface area (Å²) in [4.78, 5) is 28.1. The Hall–Kier alpha value is -1.75. The molecule has 0 aliphatic carbocycles. The van der Waals surface area contributed by atoms with Gasteiger partial charge in [0.1, 0.15) is 5.75 Å². The van der Waals surface area contributed by atoms with E-state index >= 15 is 0 Å². The smallest absolute Gasteiger partial charge is 0.254 e. The first-order valence-corrected chi connectivity index (χ1v) is 8.35. The molecule has 2 amide bonds. The molecule has 0 spiro atoms. The summed E-state index contributed by atoms with van der Waals surface area (Å²) in [5.41, 5.74) is 0.543. The number of halogens is 1. The molecule has 0 N–H and O–H groups in total. The molecule has 0 atom stereocenters. The number of carbonyl (C=O) groups excluding carboxylic acids is 2. The van der Waals surface area contributed by atoms with Crippen LogP contribution >= 0.6 is 11.6 Å². The van der Waals surface area contributed by atoms with Crippen LogP contribution in [-0.4, -0.2) is 54.9 Å². The number of amides is 2. The standard InChI is InChI=1S/C17H23ClN2O3/c1-3-4-5-16(21)19-8-10-20(11-9-19)17(22)13-6-7-15(23-2)14(18)12-13/h6-7,12H,3-5,8-11H2,1-2H3. The van der Waals surface area contributed by atoms with Gasteiger partial charge < -0.3 is 14.5 Å². The molecule has 0 saturated carbocycles. The lowest BCUT2D eigenvalue weighted by molar-refractivity contribution is -0.132. The van der Waals surface area contributed by atoms with E-state index in [2.05, 4.69) is 6.92 Å². The summed E-state index contributed by atoms with van der Waals surface area (Å²) in [6, 6.07) is 5.04. The number of hydrogen-bond donors (Lipinski definition) is 0. The minimum atomic E-state index is -0.0600. The summed E-state index contributed by atoms with van der Waals surface area (Å²) >= 11 is 6.08. The number of carbonyl (C=O) groups is 2. The van der Waals surface area contributed by atoms with Crippen molar-refractivity contribution in [2.75, 3.05) is 33.3 Å². The van der Waals surface area contributed by atoms with Crippen LogP contribution in [0.4, 0.5) is 0 Å². The first-order valence-electron chi connectivity index (χ1n) is 7.97. The highest BCUT2D eigenvalue weighted by Crippen LogP contribution is 2.25. The summed E-state index contributed by atoms with van der Waals surface area (Å²) in [6.07, 6.45) is 2.53. The summed E-state index contributed by atoms with van der Waals surface area (Å²) in [5.74, 6) is 0.677. The van der Waals surface area contributed by atoms with Crippen LogP contribution in [-0.2, 0) is 4.79 Å². The van der Waals surface area contributed by atoms with Gasteiger partial charge in [-0.3, -0.25) is 9.59 Å². The van der Waals surface area contributed by atoms with Crippen LogP contribution in [0.1, 0.15) is 36.5 Å². The Bertz CT molecular complexity index is 569. The lowest BCUT2D eigenvalue weighted by Gasteiger charge is -2.35. The van der Waals surface area contributed by atoms with E-state index in [-0.39, 0.29) is 11.8 Å². The monoisotopic (exact) mass is 338 g/mol. The molecule has 2 rings (SSSR count). The predicted octanol–water partition coefficient (Wildman–Crippen LogP) is 2.82. The average molecular weight is 339 g/mol. The molecule has 1 fully saturated rings. The summed E-state index contributed by atoms with van der Waals surface area (Å²) in [7, 11) is 1.54. The maximum atomic E-state index is 12.5. The molecule has 1 saturated heterocycles. The van der Waals surface area contributed by atoms with Crippen LogP contribution in [0.15, 0.2) is 18.2 Å². The van der Waals surface area contributed by atoms with E-state index in [9.17, 15) is 9.59 Å². The normalized spacial score (nSPS) is 14.7. The van der Waals surface area contributed by atoms with E-state index in [4.69, 9.17) is 16.3 Å². The van der Waals surface area contributed by atoms with Gasteiger partial charge in [0, 0.05) is 38.2 Å². The fourth-order valence-electron chi connectivity index (χ4n) is 2.63. The van der Waals surface area contributed by atoms with Crippen LogP contribution in [0.5, 0.6) is 5.75 Å². The van der Waals surface area contributed by atoms with Gasteiger partial charge in [-0.25, -0.2) is 0 Å². The maximum absolute atomic E-state index is 12.5. The van der Waals surface area contributed by atoms with Crippen molar-refractivity contribution >= 4 is 23.4 Å². The zero-order chi connectivity index (χ0) is 16.8. The Kier molecular flexibility index (Phi) is 6.28. The van der Waals surface area contributed by atoms with Gasteiger partial charge >= 0.3 is 0 Å². The van der Waals surface area contributed by atoms with E-state index in [1.54, 1.807) is 23.1 Å². The fraction of sp³-hybridized carbons (Fsp3) is 0.529. The average Bonchev–Trinajstić information content (AvgIpc) is 2.59. The summed E-state index contributed by atoms with van der Waals surface area (Å²) in [5, 5.41) is 0.423. The SMILES string of the molecule is CCCCC(=O)N1CCN(C(=O)c2ccc(OC)c(Cl)c2)CC1. The third kappa shape index (κ3) is 4.38. The minimum Gasteiger partial charge on any atom is -0.495 e. The topological polar surface area (TPSA) is 49.9 Å². The van der Waals surface area contributed by atoms with Crippen LogP contribution in [0.25, 0.3) is 0 Å². The molecule has 5 nitrogen and oxygen atoms in total. The molecule has 0 radical (unpaired) electrons. The van der Waals surface area contributed by atoms with Crippen molar-refractivity contribution in [2.45, 2.75) is 26.2 Å². The first-order chi connectivity index (χ1) is 11.1. The molecule has 0 bridgehead atoms. The van der Waals surface area contributed by atoms with E-state index in [0.29, 0.717) is 48.9 Å². The number of piperazine rings is 1. The molecule has 1 aliphatic rings. The largest absolute Gasteiger partial charge is 0.495 e. The number of ether oxygens (including phenoxy) is 1. The highest BCUT2D eigenvalue weighted by molar-refractivity contribution is 6.32. The maximum Gasteiger partial charge on any atom is 0.254 e. The molecule has 1 aromatic carbocycles. The Morgan fingerprint density at radius 2 is 1.83 bits per heavy atom. The third-order valence-electron chi connectivity index (χ3n) is 4.06. The third-order valence-corrected chi connectivity index (χ3v) is 4.36. The number of rotatable bonds is 5. The van der Waals surface area contributed by atoms with Gasteiger partial charge in [0.25, 0.3) is 5.91 Å². The number of benzene rings is 1. The zero-order valence-corrected chi connectivity index (χ0v) is 14.4. The van der Waals surface area contributed by atoms with E-state index in [1.165, 1.54) is 7.11 Å². The lowest BCUT2D eigenvalue weighted by Crippen LogP contribution is -2.50. The molecule has 1 aliphatic heterocycles. The number of methoxy groups -OCH3 is 1. The van der Waals surface area contributed by atoms with Gasteiger partial charge in [0.15, 0.2) is 0 Å². The molecule has 0 unspecified atom stereocenters. The summed E-state index contributed by atoms with van der Waals surface area (Å²) in [6.45, 7) is 4.38. The van der Waals surface area contributed by atoms with Crippen molar-refractivity contribution in [2.24, 2.45) is 0 Å². The van der Waals surface area contributed by atoms with Crippen molar-refractivity contribution in [1.82, 2.24) is 9.80 Å². The molecule has 23 heavy (non-hydrogen) atoms. The van der Waals surface area contributed by atoms with Crippen molar-refractivity contribution in [3.63, 3.8) is 0 Å². The molecule has 0 aromatic heterocycles. The van der Waals surface area contributed by atoms with Crippen molar-refractivity contribution in [1.29, 1.82) is 0 Å². The second kappa shape index (κ2) is 8.20. The van der Waals surface area contributed by atoms with Gasteiger partial charge in [-0.15, -0.1) is 0 Å². The van der Waals surface area contributed by atoms with Gasteiger partial charge in [-0.2, -0.15) is 0 Å². The van der Waals surface area contributed by atoms with Crippen molar-refractivity contribution < 1.29 is 14.3 Å². The van der Waals surface area contributed by atoms with E-state index in [0.717, 1.165) is 12.8 Å². The second-order valence-corrected chi connectivity index (χ2v) is 6.03. The minimum absolute atomic E-state index is 0.0600. The molecule has 1 heterocycles. The highest BCUT2D eigenvalue weighted by atomic mass is 35.5. The Labute approximate surface area is 142 Å². The Balaban J connectivity index is 1.93. The number of hydrogen-bond acceptors (Lipinski definition) is 3. The van der Waals surface area contributed by atoms with E-state index < -0.39 is 0 Å². The first kappa shape index (κ1) is 17.6. The van der Waals surface area contributed by atoms with Gasteiger partial charge in [-0.1, -0.05) is 24.9 Å². The van der Waals surface area contributed by atoms with E-state index in [1.807, 2.05) is 4.90 Å². The molecule has 126 valence electrons. The lowest BCUT2D eigenvalue weighted by atomic mass is 10.1. The highest BCUT2D eigenvalue weighted by Gasteiger charge is 2.24. The van der Waals surface area contributed by atoms with Crippen molar-refractivity contribution in [3.8, 4) is 5.75 Å². The Morgan fingerprint density at radius 1 is 1.17 bits per heavy atom.